The molecular formula is C17H27NO3. The van der Waals surface area contributed by atoms with Crippen molar-refractivity contribution < 1.29 is 14.2 Å². The lowest BCUT2D eigenvalue weighted by Gasteiger charge is -2.17. The molecule has 2 atom stereocenters. The first-order chi connectivity index (χ1) is 10.3. The molecule has 1 aliphatic rings. The molecule has 2 rings (SSSR count). The van der Waals surface area contributed by atoms with Gasteiger partial charge in [0.1, 0.15) is 18.1 Å². The zero-order chi connectivity index (χ0) is 14.9. The maximum absolute atomic E-state index is 5.73. The van der Waals surface area contributed by atoms with Crippen LogP contribution < -0.4 is 14.8 Å². The molecule has 1 saturated carbocycles. The highest BCUT2D eigenvalue weighted by Gasteiger charge is 2.17. The van der Waals surface area contributed by atoms with Gasteiger partial charge in [0.05, 0.1) is 13.2 Å². The highest BCUT2D eigenvalue weighted by molar-refractivity contribution is 5.31. The van der Waals surface area contributed by atoms with Crippen LogP contribution >= 0.6 is 0 Å². The van der Waals surface area contributed by atoms with Crippen molar-refractivity contribution in [1.29, 1.82) is 0 Å². The molecule has 4 heteroatoms. The molecule has 2 unspecified atom stereocenters. The first kappa shape index (κ1) is 16.1. The van der Waals surface area contributed by atoms with Gasteiger partial charge in [-0.25, -0.2) is 0 Å². The molecule has 118 valence electrons. The zero-order valence-corrected chi connectivity index (χ0v) is 13.1. The van der Waals surface area contributed by atoms with Gasteiger partial charge in [-0.15, -0.1) is 0 Å². The Morgan fingerprint density at radius 1 is 1.00 bits per heavy atom. The quantitative estimate of drug-likeness (QED) is 0.619. The molecular weight excluding hydrogens is 266 g/mol. The summed E-state index contributed by atoms with van der Waals surface area (Å²) in [5, 5.41) is 3.59. The lowest BCUT2D eigenvalue weighted by Crippen LogP contribution is -2.32. The van der Waals surface area contributed by atoms with Crippen molar-refractivity contribution in [3.05, 3.63) is 24.3 Å². The first-order valence-corrected chi connectivity index (χ1v) is 7.85. The Bertz CT molecular complexity index is 394. The molecule has 0 heterocycles. The predicted octanol–water partition coefficient (Wildman–Crippen LogP) is 3.01. The van der Waals surface area contributed by atoms with E-state index in [1.807, 2.05) is 31.4 Å². The molecule has 1 aromatic carbocycles. The lowest BCUT2D eigenvalue weighted by molar-refractivity contribution is 0.0894. The van der Waals surface area contributed by atoms with Gasteiger partial charge in [0.25, 0.3) is 0 Å². The third kappa shape index (κ3) is 5.56. The largest absolute Gasteiger partial charge is 0.497 e. The number of ether oxygens (including phenoxy) is 3. The van der Waals surface area contributed by atoms with Crippen LogP contribution in [0, 0.1) is 0 Å². The van der Waals surface area contributed by atoms with E-state index in [-0.39, 0.29) is 0 Å². The first-order valence-electron chi connectivity index (χ1n) is 7.85. The average molecular weight is 293 g/mol. The van der Waals surface area contributed by atoms with E-state index < -0.39 is 0 Å². The van der Waals surface area contributed by atoms with Crippen molar-refractivity contribution in [2.45, 2.75) is 44.2 Å². The van der Waals surface area contributed by atoms with E-state index >= 15 is 0 Å². The van der Waals surface area contributed by atoms with Crippen LogP contribution in [0.1, 0.15) is 32.1 Å². The fourth-order valence-electron chi connectivity index (χ4n) is 2.81. The van der Waals surface area contributed by atoms with Crippen molar-refractivity contribution in [3.8, 4) is 11.5 Å². The highest BCUT2D eigenvalue weighted by Crippen LogP contribution is 2.20. The summed E-state index contributed by atoms with van der Waals surface area (Å²) < 4.78 is 16.3. The van der Waals surface area contributed by atoms with Crippen LogP contribution in [0.3, 0.4) is 0 Å². The van der Waals surface area contributed by atoms with Crippen LogP contribution in [0.25, 0.3) is 0 Å². The van der Waals surface area contributed by atoms with Crippen LogP contribution in [0.5, 0.6) is 11.5 Å². The normalized spacial score (nSPS) is 22.6. The van der Waals surface area contributed by atoms with Crippen molar-refractivity contribution in [2.24, 2.45) is 0 Å². The van der Waals surface area contributed by atoms with Gasteiger partial charge in [-0.05, 0) is 56.4 Å². The van der Waals surface area contributed by atoms with Crippen LogP contribution in [0.2, 0.25) is 0 Å². The lowest BCUT2D eigenvalue weighted by atomic mass is 10.1. The highest BCUT2D eigenvalue weighted by atomic mass is 16.5. The molecule has 0 amide bonds. The van der Waals surface area contributed by atoms with E-state index in [4.69, 9.17) is 14.2 Å². The van der Waals surface area contributed by atoms with Gasteiger partial charge >= 0.3 is 0 Å². The molecule has 0 saturated heterocycles. The smallest absolute Gasteiger partial charge is 0.119 e. The Morgan fingerprint density at radius 2 is 1.76 bits per heavy atom. The van der Waals surface area contributed by atoms with E-state index in [0.29, 0.717) is 18.8 Å². The average Bonchev–Trinajstić information content (AvgIpc) is 2.77. The fourth-order valence-corrected chi connectivity index (χ4v) is 2.81. The topological polar surface area (TPSA) is 39.7 Å². The SMILES string of the molecule is COc1ccc(OCCNC2CCCC(OC)CC2)cc1. The molecule has 0 aromatic heterocycles. The summed E-state index contributed by atoms with van der Waals surface area (Å²) >= 11 is 0. The van der Waals surface area contributed by atoms with Gasteiger partial charge in [0, 0.05) is 19.7 Å². The monoisotopic (exact) mass is 293 g/mol. The summed E-state index contributed by atoms with van der Waals surface area (Å²) in [5.74, 6) is 1.74. The molecule has 0 bridgehead atoms. The van der Waals surface area contributed by atoms with Crippen molar-refractivity contribution in [3.63, 3.8) is 0 Å². The van der Waals surface area contributed by atoms with E-state index in [2.05, 4.69) is 5.32 Å². The third-order valence-electron chi connectivity index (χ3n) is 4.11. The Kier molecular flexibility index (Phi) is 6.83. The van der Waals surface area contributed by atoms with E-state index in [1.165, 1.54) is 25.7 Å². The van der Waals surface area contributed by atoms with E-state index in [1.54, 1.807) is 7.11 Å². The van der Waals surface area contributed by atoms with Gasteiger partial charge in [0.2, 0.25) is 0 Å². The minimum absolute atomic E-state index is 0.451. The minimum Gasteiger partial charge on any atom is -0.497 e. The second-order valence-corrected chi connectivity index (χ2v) is 5.54. The Morgan fingerprint density at radius 3 is 2.48 bits per heavy atom. The molecule has 0 spiro atoms. The van der Waals surface area contributed by atoms with Gasteiger partial charge in [0.15, 0.2) is 0 Å². The summed E-state index contributed by atoms with van der Waals surface area (Å²) in [6.07, 6.45) is 6.48. The van der Waals surface area contributed by atoms with Crippen molar-refractivity contribution >= 4 is 0 Å². The van der Waals surface area contributed by atoms with Gasteiger partial charge < -0.3 is 19.5 Å². The number of hydrogen-bond acceptors (Lipinski definition) is 4. The number of methoxy groups -OCH3 is 2. The molecule has 1 N–H and O–H groups in total. The predicted molar refractivity (Wildman–Crippen MR) is 84.2 cm³/mol. The molecule has 21 heavy (non-hydrogen) atoms. The Labute approximate surface area is 127 Å². The number of rotatable bonds is 7. The van der Waals surface area contributed by atoms with Gasteiger partial charge in [-0.2, -0.15) is 0 Å². The fraction of sp³-hybridized carbons (Fsp3) is 0.647. The van der Waals surface area contributed by atoms with Crippen LogP contribution in [-0.4, -0.2) is 39.5 Å². The van der Waals surface area contributed by atoms with E-state index in [9.17, 15) is 0 Å². The summed E-state index contributed by atoms with van der Waals surface area (Å²) in [5.41, 5.74) is 0. The minimum atomic E-state index is 0.451. The summed E-state index contributed by atoms with van der Waals surface area (Å²) in [7, 11) is 3.49. The van der Waals surface area contributed by atoms with E-state index in [0.717, 1.165) is 24.5 Å². The zero-order valence-electron chi connectivity index (χ0n) is 13.1. The summed E-state index contributed by atoms with van der Waals surface area (Å²) in [4.78, 5) is 0. The van der Waals surface area contributed by atoms with Crippen LogP contribution in [0.15, 0.2) is 24.3 Å². The van der Waals surface area contributed by atoms with Gasteiger partial charge in [-0.3, -0.25) is 0 Å². The molecule has 4 nitrogen and oxygen atoms in total. The van der Waals surface area contributed by atoms with Crippen molar-refractivity contribution in [2.75, 3.05) is 27.4 Å². The maximum atomic E-state index is 5.73. The second-order valence-electron chi connectivity index (χ2n) is 5.54. The summed E-state index contributed by atoms with van der Waals surface area (Å²) in [6, 6.07) is 8.31. The third-order valence-corrected chi connectivity index (χ3v) is 4.11. The maximum Gasteiger partial charge on any atom is 0.119 e. The summed E-state index contributed by atoms with van der Waals surface area (Å²) in [6.45, 7) is 1.57. The van der Waals surface area contributed by atoms with Gasteiger partial charge in [-0.1, -0.05) is 0 Å². The second kappa shape index (κ2) is 8.90. The van der Waals surface area contributed by atoms with Crippen LogP contribution in [0.4, 0.5) is 0 Å². The molecule has 0 aliphatic heterocycles. The van der Waals surface area contributed by atoms with Crippen LogP contribution in [-0.2, 0) is 4.74 Å². The number of hydrogen-bond donors (Lipinski definition) is 1. The molecule has 1 aliphatic carbocycles. The molecule has 1 fully saturated rings. The molecule has 1 aromatic rings. The Hall–Kier alpha value is -1.26. The Balaban J connectivity index is 1.62. The number of nitrogens with one attached hydrogen (secondary N) is 1. The van der Waals surface area contributed by atoms with Crippen molar-refractivity contribution in [1.82, 2.24) is 5.32 Å². The molecule has 0 radical (unpaired) electrons. The number of benzene rings is 1. The standard InChI is InChI=1S/C17H27NO3/c1-19-15-5-3-4-14(6-7-15)18-12-13-21-17-10-8-16(20-2)9-11-17/h8-11,14-15,18H,3-7,12-13H2,1-2H3.